The summed E-state index contributed by atoms with van der Waals surface area (Å²) in [7, 11) is 0. The van der Waals surface area contributed by atoms with Gasteiger partial charge >= 0.3 is 0 Å². The number of hydrogen-bond acceptors (Lipinski definition) is 2. The van der Waals surface area contributed by atoms with Crippen LogP contribution in [-0.4, -0.2) is 16.5 Å². The van der Waals surface area contributed by atoms with Gasteiger partial charge < -0.3 is 0 Å². The van der Waals surface area contributed by atoms with Crippen LogP contribution in [0.5, 0.6) is 0 Å². The highest BCUT2D eigenvalue weighted by Gasteiger charge is 2.21. The smallest absolute Gasteiger partial charge is 0.0302 e. The standard InChI is InChI=1S/C13H19NS/c1-10(15-2)8-11-4-3-5-12-9-14-7-6-13(11)12/h6-7,9-11H,3-5,8H2,1-2H3. The van der Waals surface area contributed by atoms with Crippen LogP contribution in [0, 0.1) is 0 Å². The summed E-state index contributed by atoms with van der Waals surface area (Å²) >= 11 is 1.98. The van der Waals surface area contributed by atoms with Crippen molar-refractivity contribution >= 4 is 11.8 Å². The summed E-state index contributed by atoms with van der Waals surface area (Å²) in [6.45, 7) is 2.33. The van der Waals surface area contributed by atoms with E-state index in [1.54, 1.807) is 5.56 Å². The maximum absolute atomic E-state index is 4.23. The number of aryl methyl sites for hydroxylation is 1. The van der Waals surface area contributed by atoms with Gasteiger partial charge in [0, 0.05) is 17.6 Å². The molecule has 1 nitrogen and oxygen atoms in total. The fraction of sp³-hybridized carbons (Fsp3) is 0.615. The first-order chi connectivity index (χ1) is 7.31. The molecule has 1 aliphatic carbocycles. The highest BCUT2D eigenvalue weighted by molar-refractivity contribution is 7.99. The lowest BCUT2D eigenvalue weighted by Gasteiger charge is -2.26. The predicted octanol–water partition coefficient (Wildman–Crippen LogP) is 3.64. The van der Waals surface area contributed by atoms with Crippen LogP contribution in [0.3, 0.4) is 0 Å². The van der Waals surface area contributed by atoms with E-state index in [4.69, 9.17) is 0 Å². The van der Waals surface area contributed by atoms with Gasteiger partial charge in [0.1, 0.15) is 0 Å². The van der Waals surface area contributed by atoms with Crippen molar-refractivity contribution in [2.75, 3.05) is 6.26 Å². The molecular weight excluding hydrogens is 202 g/mol. The quantitative estimate of drug-likeness (QED) is 0.773. The minimum Gasteiger partial charge on any atom is -0.264 e. The molecule has 2 unspecified atom stereocenters. The molecule has 0 N–H and O–H groups in total. The van der Waals surface area contributed by atoms with E-state index >= 15 is 0 Å². The molecule has 0 amide bonds. The van der Waals surface area contributed by atoms with Gasteiger partial charge in [-0.25, -0.2) is 0 Å². The van der Waals surface area contributed by atoms with E-state index < -0.39 is 0 Å². The molecule has 0 saturated heterocycles. The fourth-order valence-corrected chi connectivity index (χ4v) is 2.91. The Morgan fingerprint density at radius 1 is 1.60 bits per heavy atom. The predicted molar refractivity (Wildman–Crippen MR) is 67.5 cm³/mol. The molecule has 0 radical (unpaired) electrons. The molecule has 2 rings (SSSR count). The second-order valence-corrected chi connectivity index (χ2v) is 5.72. The second kappa shape index (κ2) is 5.02. The minimum atomic E-state index is 0.772. The van der Waals surface area contributed by atoms with Gasteiger partial charge in [-0.3, -0.25) is 4.98 Å². The van der Waals surface area contributed by atoms with Crippen LogP contribution >= 0.6 is 11.8 Å². The van der Waals surface area contributed by atoms with Gasteiger partial charge in [-0.05, 0) is 55.1 Å². The molecule has 0 spiro atoms. The molecule has 82 valence electrons. The third-order valence-electron chi connectivity index (χ3n) is 3.40. The number of aromatic nitrogens is 1. The molecule has 0 bridgehead atoms. The summed E-state index contributed by atoms with van der Waals surface area (Å²) in [6.07, 6.45) is 11.5. The Balaban J connectivity index is 2.15. The SMILES string of the molecule is CSC(C)CC1CCCc2cnccc21. The molecule has 1 aromatic rings. The Morgan fingerprint density at radius 2 is 2.47 bits per heavy atom. The van der Waals surface area contributed by atoms with Crippen LogP contribution in [0.4, 0.5) is 0 Å². The number of nitrogens with zero attached hydrogens (tertiary/aromatic N) is 1. The highest BCUT2D eigenvalue weighted by Crippen LogP contribution is 2.35. The Morgan fingerprint density at radius 3 is 3.27 bits per heavy atom. The zero-order valence-electron chi connectivity index (χ0n) is 9.57. The number of fused-ring (bicyclic) bond motifs is 1. The van der Waals surface area contributed by atoms with E-state index in [9.17, 15) is 0 Å². The number of pyridine rings is 1. The lowest BCUT2D eigenvalue weighted by Crippen LogP contribution is -2.13. The van der Waals surface area contributed by atoms with Crippen molar-refractivity contribution in [2.45, 2.75) is 43.8 Å². The lowest BCUT2D eigenvalue weighted by molar-refractivity contribution is 0.519. The van der Waals surface area contributed by atoms with E-state index in [1.807, 2.05) is 18.0 Å². The van der Waals surface area contributed by atoms with Crippen LogP contribution in [0.2, 0.25) is 0 Å². The zero-order valence-corrected chi connectivity index (χ0v) is 10.4. The van der Waals surface area contributed by atoms with Gasteiger partial charge in [0.25, 0.3) is 0 Å². The number of rotatable bonds is 3. The van der Waals surface area contributed by atoms with Gasteiger partial charge in [0.2, 0.25) is 0 Å². The summed E-state index contributed by atoms with van der Waals surface area (Å²) in [6, 6.07) is 2.23. The molecule has 1 heterocycles. The van der Waals surface area contributed by atoms with Crippen molar-refractivity contribution in [3.05, 3.63) is 29.6 Å². The summed E-state index contributed by atoms with van der Waals surface area (Å²) in [5, 5.41) is 0.772. The Hall–Kier alpha value is -0.500. The van der Waals surface area contributed by atoms with Gasteiger partial charge in [-0.15, -0.1) is 0 Å². The molecule has 0 aromatic carbocycles. The van der Waals surface area contributed by atoms with E-state index in [-0.39, 0.29) is 0 Å². The van der Waals surface area contributed by atoms with Crippen molar-refractivity contribution in [3.63, 3.8) is 0 Å². The maximum Gasteiger partial charge on any atom is 0.0302 e. The van der Waals surface area contributed by atoms with Crippen molar-refractivity contribution in [1.82, 2.24) is 4.98 Å². The van der Waals surface area contributed by atoms with Crippen LogP contribution in [0.15, 0.2) is 18.5 Å². The largest absolute Gasteiger partial charge is 0.264 e. The van der Waals surface area contributed by atoms with Gasteiger partial charge in [-0.1, -0.05) is 6.92 Å². The molecule has 0 saturated carbocycles. The summed E-state index contributed by atoms with van der Waals surface area (Å²) in [4.78, 5) is 4.23. The summed E-state index contributed by atoms with van der Waals surface area (Å²) < 4.78 is 0. The number of hydrogen-bond donors (Lipinski definition) is 0. The van der Waals surface area contributed by atoms with Crippen molar-refractivity contribution < 1.29 is 0 Å². The first kappa shape index (κ1) is 11.0. The molecule has 1 aliphatic rings. The monoisotopic (exact) mass is 221 g/mol. The third kappa shape index (κ3) is 2.54. The molecule has 15 heavy (non-hydrogen) atoms. The van der Waals surface area contributed by atoms with Crippen LogP contribution in [-0.2, 0) is 6.42 Å². The average molecular weight is 221 g/mol. The third-order valence-corrected chi connectivity index (χ3v) is 4.40. The summed E-state index contributed by atoms with van der Waals surface area (Å²) in [5.74, 6) is 0.777. The topological polar surface area (TPSA) is 12.9 Å². The number of thioether (sulfide) groups is 1. The average Bonchev–Trinajstić information content (AvgIpc) is 2.29. The Labute approximate surface area is 96.7 Å². The summed E-state index contributed by atoms with van der Waals surface area (Å²) in [5.41, 5.74) is 3.05. The zero-order chi connectivity index (χ0) is 10.7. The van der Waals surface area contributed by atoms with Crippen molar-refractivity contribution in [2.24, 2.45) is 0 Å². The first-order valence-corrected chi connectivity index (χ1v) is 7.05. The van der Waals surface area contributed by atoms with E-state index in [0.717, 1.165) is 11.2 Å². The molecule has 0 fully saturated rings. The van der Waals surface area contributed by atoms with E-state index in [1.165, 1.54) is 31.2 Å². The van der Waals surface area contributed by atoms with Crippen LogP contribution in [0.1, 0.15) is 43.2 Å². The van der Waals surface area contributed by atoms with Crippen LogP contribution < -0.4 is 0 Å². The Bertz CT molecular complexity index is 324. The van der Waals surface area contributed by atoms with Crippen molar-refractivity contribution in [1.29, 1.82) is 0 Å². The first-order valence-electron chi connectivity index (χ1n) is 5.77. The second-order valence-electron chi connectivity index (χ2n) is 4.45. The lowest BCUT2D eigenvalue weighted by atomic mass is 9.81. The fourth-order valence-electron chi connectivity index (χ4n) is 2.48. The van der Waals surface area contributed by atoms with Gasteiger partial charge in [-0.2, -0.15) is 11.8 Å². The Kier molecular flexibility index (Phi) is 3.68. The molecule has 1 aromatic heterocycles. The van der Waals surface area contributed by atoms with Crippen molar-refractivity contribution in [3.8, 4) is 0 Å². The molecule has 0 aliphatic heterocycles. The van der Waals surface area contributed by atoms with Crippen LogP contribution in [0.25, 0.3) is 0 Å². The molecule has 2 atom stereocenters. The van der Waals surface area contributed by atoms with E-state index in [0.29, 0.717) is 0 Å². The highest BCUT2D eigenvalue weighted by atomic mass is 32.2. The van der Waals surface area contributed by atoms with Gasteiger partial charge in [0.05, 0.1) is 0 Å². The van der Waals surface area contributed by atoms with Gasteiger partial charge in [0.15, 0.2) is 0 Å². The molecule has 2 heteroatoms. The normalized spacial score (nSPS) is 22.1. The maximum atomic E-state index is 4.23. The van der Waals surface area contributed by atoms with E-state index in [2.05, 4.69) is 30.4 Å². The minimum absolute atomic E-state index is 0.772. The molecular formula is C13H19NS.